The third kappa shape index (κ3) is 1.54. The summed E-state index contributed by atoms with van der Waals surface area (Å²) in [6, 6.07) is 14.3. The molecule has 1 fully saturated rings. The maximum Gasteiger partial charge on any atom is 0.254 e. The Bertz CT molecular complexity index is 1120. The maximum absolute atomic E-state index is 13.6. The lowest BCUT2D eigenvalue weighted by atomic mass is 9.74. The molecule has 0 unspecified atom stereocenters. The number of fused-ring (bicyclic) bond motifs is 7. The molecule has 1 aliphatic carbocycles. The second-order valence-electron chi connectivity index (χ2n) is 7.55. The summed E-state index contributed by atoms with van der Waals surface area (Å²) in [5, 5.41) is 2.96. The summed E-state index contributed by atoms with van der Waals surface area (Å²) < 4.78 is 0. The summed E-state index contributed by atoms with van der Waals surface area (Å²) in [7, 11) is 0. The highest BCUT2D eigenvalue weighted by molar-refractivity contribution is 6.32. The third-order valence-corrected chi connectivity index (χ3v) is 6.43. The molecule has 0 aromatic heterocycles. The Morgan fingerprint density at radius 2 is 1.63 bits per heavy atom. The van der Waals surface area contributed by atoms with E-state index in [-0.39, 0.29) is 23.5 Å². The number of rotatable bonds is 0. The molecule has 4 aliphatic rings. The van der Waals surface area contributed by atoms with Crippen LogP contribution in [-0.2, 0) is 10.3 Å². The molecule has 0 saturated carbocycles. The molecular weight excluding hydrogens is 340 g/mol. The van der Waals surface area contributed by atoms with E-state index in [1.807, 2.05) is 24.3 Å². The molecule has 132 valence electrons. The van der Waals surface area contributed by atoms with E-state index in [1.165, 1.54) is 0 Å². The second kappa shape index (κ2) is 4.81. The standard InChI is InChI=1S/C22H16N2O3/c25-19-12-6-1-2-7-13(12)20(26)18-17(19)16-10-5-11-24(16)22(18)14-8-3-4-9-15(14)23-21(22)27/h1-4,6-9,16H,5,10-11H2,(H,23,27)/t16-,22+/m1/s1. The highest BCUT2D eigenvalue weighted by atomic mass is 16.2. The smallest absolute Gasteiger partial charge is 0.254 e. The van der Waals surface area contributed by atoms with Crippen LogP contribution in [-0.4, -0.2) is 35.0 Å². The first-order valence-corrected chi connectivity index (χ1v) is 9.26. The highest BCUT2D eigenvalue weighted by Gasteiger charge is 2.65. The average molecular weight is 356 g/mol. The van der Waals surface area contributed by atoms with Crippen LogP contribution in [0.25, 0.3) is 0 Å². The lowest BCUT2D eigenvalue weighted by Gasteiger charge is -2.35. The number of carbonyl (C=O) groups excluding carboxylic acids is 3. The van der Waals surface area contributed by atoms with E-state index in [4.69, 9.17) is 0 Å². The Balaban J connectivity index is 1.71. The Hall–Kier alpha value is -3.05. The minimum absolute atomic E-state index is 0.105. The quantitative estimate of drug-likeness (QED) is 0.788. The molecule has 5 heteroatoms. The fourth-order valence-electron chi connectivity index (χ4n) is 5.46. The van der Waals surface area contributed by atoms with Crippen molar-refractivity contribution in [2.75, 3.05) is 11.9 Å². The minimum Gasteiger partial charge on any atom is -0.324 e. The van der Waals surface area contributed by atoms with Crippen molar-refractivity contribution in [1.82, 2.24) is 4.90 Å². The van der Waals surface area contributed by atoms with Gasteiger partial charge >= 0.3 is 0 Å². The van der Waals surface area contributed by atoms with Gasteiger partial charge in [-0.05, 0) is 18.9 Å². The third-order valence-electron chi connectivity index (χ3n) is 6.43. The Morgan fingerprint density at radius 1 is 0.926 bits per heavy atom. The molecule has 5 nitrogen and oxygen atoms in total. The van der Waals surface area contributed by atoms with Crippen molar-refractivity contribution >= 4 is 23.2 Å². The van der Waals surface area contributed by atoms with Crippen LogP contribution in [0, 0.1) is 0 Å². The van der Waals surface area contributed by atoms with Crippen LogP contribution in [0.5, 0.6) is 0 Å². The van der Waals surface area contributed by atoms with Gasteiger partial charge in [0.2, 0.25) is 0 Å². The zero-order valence-electron chi connectivity index (χ0n) is 14.5. The molecule has 1 spiro atoms. The molecule has 6 rings (SSSR count). The molecule has 2 aromatic carbocycles. The predicted octanol–water partition coefficient (Wildman–Crippen LogP) is 2.69. The first-order valence-electron chi connectivity index (χ1n) is 9.26. The number of amides is 1. The van der Waals surface area contributed by atoms with Crippen molar-refractivity contribution in [1.29, 1.82) is 0 Å². The molecule has 1 N–H and O–H groups in total. The van der Waals surface area contributed by atoms with Gasteiger partial charge in [0.05, 0.1) is 0 Å². The Labute approximate surface area is 155 Å². The summed E-state index contributed by atoms with van der Waals surface area (Å²) >= 11 is 0. The SMILES string of the molecule is O=C1C2=C(C(=O)c3ccccc31)[C@@]1(C(=O)Nc3ccccc31)N1CCC[C@H]21. The van der Waals surface area contributed by atoms with Crippen LogP contribution in [0.1, 0.15) is 39.1 Å². The summed E-state index contributed by atoms with van der Waals surface area (Å²) in [6.07, 6.45) is 1.69. The van der Waals surface area contributed by atoms with Gasteiger partial charge in [0.25, 0.3) is 5.91 Å². The molecule has 2 atom stereocenters. The predicted molar refractivity (Wildman–Crippen MR) is 98.6 cm³/mol. The molecule has 0 bridgehead atoms. The molecule has 1 amide bonds. The minimum atomic E-state index is -1.19. The zero-order chi connectivity index (χ0) is 18.3. The van der Waals surface area contributed by atoms with Crippen molar-refractivity contribution < 1.29 is 14.4 Å². The lowest BCUT2D eigenvalue weighted by molar-refractivity contribution is -0.124. The van der Waals surface area contributed by atoms with Crippen molar-refractivity contribution in [3.63, 3.8) is 0 Å². The number of nitrogens with zero attached hydrogens (tertiary/aromatic N) is 1. The normalized spacial score (nSPS) is 28.3. The van der Waals surface area contributed by atoms with Gasteiger partial charge in [-0.1, -0.05) is 42.5 Å². The first kappa shape index (κ1) is 15.1. The number of Topliss-reactive ketones (excluding diaryl/α,β-unsaturated/α-hetero) is 2. The Kier molecular flexibility index (Phi) is 2.68. The number of anilines is 1. The summed E-state index contributed by atoms with van der Waals surface area (Å²) in [5.74, 6) is -0.520. The maximum atomic E-state index is 13.6. The van der Waals surface area contributed by atoms with Crippen LogP contribution in [0.2, 0.25) is 0 Å². The van der Waals surface area contributed by atoms with E-state index in [0.29, 0.717) is 28.8 Å². The van der Waals surface area contributed by atoms with Crippen LogP contribution in [0.3, 0.4) is 0 Å². The van der Waals surface area contributed by atoms with Gasteiger partial charge in [-0.25, -0.2) is 0 Å². The van der Waals surface area contributed by atoms with Gasteiger partial charge in [-0.15, -0.1) is 0 Å². The van der Waals surface area contributed by atoms with E-state index in [9.17, 15) is 14.4 Å². The lowest BCUT2D eigenvalue weighted by Crippen LogP contribution is -2.51. The number of nitrogens with one attached hydrogen (secondary N) is 1. The van der Waals surface area contributed by atoms with Gasteiger partial charge in [0.15, 0.2) is 17.1 Å². The number of benzene rings is 2. The zero-order valence-corrected chi connectivity index (χ0v) is 14.5. The van der Waals surface area contributed by atoms with E-state index in [0.717, 1.165) is 24.1 Å². The van der Waals surface area contributed by atoms with Crippen molar-refractivity contribution in [3.8, 4) is 0 Å². The van der Waals surface area contributed by atoms with E-state index in [1.54, 1.807) is 24.3 Å². The summed E-state index contributed by atoms with van der Waals surface area (Å²) in [6.45, 7) is 0.691. The second-order valence-corrected chi connectivity index (χ2v) is 7.55. The number of hydrogen-bond acceptors (Lipinski definition) is 4. The fourth-order valence-corrected chi connectivity index (χ4v) is 5.46. The number of carbonyl (C=O) groups is 3. The van der Waals surface area contributed by atoms with Gasteiger partial charge in [-0.2, -0.15) is 0 Å². The molecule has 1 saturated heterocycles. The number of ketones is 2. The van der Waals surface area contributed by atoms with Crippen molar-refractivity contribution in [3.05, 3.63) is 76.4 Å². The Morgan fingerprint density at radius 3 is 2.44 bits per heavy atom. The average Bonchev–Trinajstić information content (AvgIpc) is 3.34. The highest BCUT2D eigenvalue weighted by Crippen LogP contribution is 2.57. The molecule has 3 aliphatic heterocycles. The molecule has 2 aromatic rings. The number of para-hydroxylation sites is 1. The monoisotopic (exact) mass is 356 g/mol. The molecule has 3 heterocycles. The van der Waals surface area contributed by atoms with Crippen LogP contribution >= 0.6 is 0 Å². The van der Waals surface area contributed by atoms with Gasteiger partial charge in [0, 0.05) is 46.1 Å². The van der Waals surface area contributed by atoms with Crippen molar-refractivity contribution in [2.45, 2.75) is 24.4 Å². The number of hydrogen-bond donors (Lipinski definition) is 1. The van der Waals surface area contributed by atoms with Crippen LogP contribution in [0.15, 0.2) is 59.7 Å². The summed E-state index contributed by atoms with van der Waals surface area (Å²) in [4.78, 5) is 42.4. The van der Waals surface area contributed by atoms with Crippen molar-refractivity contribution in [2.24, 2.45) is 0 Å². The van der Waals surface area contributed by atoms with Gasteiger partial charge < -0.3 is 5.32 Å². The van der Waals surface area contributed by atoms with Gasteiger partial charge in [0.1, 0.15) is 0 Å². The van der Waals surface area contributed by atoms with Crippen LogP contribution < -0.4 is 5.32 Å². The van der Waals surface area contributed by atoms with Crippen LogP contribution in [0.4, 0.5) is 5.69 Å². The van der Waals surface area contributed by atoms with E-state index < -0.39 is 5.54 Å². The molecule has 27 heavy (non-hydrogen) atoms. The van der Waals surface area contributed by atoms with E-state index in [2.05, 4.69) is 10.2 Å². The molecular formula is C22H16N2O3. The van der Waals surface area contributed by atoms with Gasteiger partial charge in [-0.3, -0.25) is 19.3 Å². The summed E-state index contributed by atoms with van der Waals surface area (Å²) in [5.41, 5.74) is 2.08. The molecule has 0 radical (unpaired) electrons. The van der Waals surface area contributed by atoms with E-state index >= 15 is 0 Å². The largest absolute Gasteiger partial charge is 0.324 e. The topological polar surface area (TPSA) is 66.5 Å². The first-order chi connectivity index (χ1) is 13.2. The fraction of sp³-hybridized carbons (Fsp3) is 0.227.